The molecule has 1 atom stereocenters. The van der Waals surface area contributed by atoms with Crippen molar-refractivity contribution in [3.05, 3.63) is 210 Å². The van der Waals surface area contributed by atoms with E-state index >= 15 is 0 Å². The first kappa shape index (κ1) is 28.6. The summed E-state index contributed by atoms with van der Waals surface area (Å²) in [5.41, 5.74) is 15.9. The van der Waals surface area contributed by atoms with Crippen molar-refractivity contribution in [1.82, 2.24) is 0 Å². The molecule has 0 saturated heterocycles. The van der Waals surface area contributed by atoms with Gasteiger partial charge in [0.2, 0.25) is 0 Å². The van der Waals surface area contributed by atoms with Crippen molar-refractivity contribution in [3.63, 3.8) is 0 Å². The van der Waals surface area contributed by atoms with Gasteiger partial charge >= 0.3 is 0 Å². The molecule has 1 spiro atoms. The molecule has 2 aliphatic carbocycles. The fourth-order valence-electron chi connectivity index (χ4n) is 9.12. The molecule has 2 aliphatic rings. The second-order valence-corrected chi connectivity index (χ2v) is 14.7. The van der Waals surface area contributed by atoms with Crippen LogP contribution in [0.5, 0.6) is 0 Å². The molecule has 0 N–H and O–H groups in total. The van der Waals surface area contributed by atoms with Gasteiger partial charge in [0.05, 0.1) is 5.41 Å². The van der Waals surface area contributed by atoms with Gasteiger partial charge in [-0.3, -0.25) is 0 Å². The van der Waals surface area contributed by atoms with E-state index in [9.17, 15) is 0 Å². The molecule has 2 heteroatoms. The standard InChI is InChI=1S/C49H31NS/c1-3-15-32(16-4-1)50(33-17-5-2-6-18-33)34-27-28-38-36-20-8-7-19-35(36)37-21-9-12-24-41(37)49(44(38)31-34)42-25-13-10-22-39(42)47-43(49)29-30-46-48(47)40-23-11-14-26-45(40)51-46/h1-31H. The number of para-hydroxylation sites is 2. The summed E-state index contributed by atoms with van der Waals surface area (Å²) in [6, 6.07) is 69.8. The van der Waals surface area contributed by atoms with Crippen molar-refractivity contribution in [2.24, 2.45) is 0 Å². The van der Waals surface area contributed by atoms with Crippen LogP contribution in [0.1, 0.15) is 22.3 Å². The van der Waals surface area contributed by atoms with Crippen molar-refractivity contribution in [1.29, 1.82) is 0 Å². The molecule has 0 amide bonds. The first-order valence-corrected chi connectivity index (χ1v) is 18.4. The van der Waals surface area contributed by atoms with Crippen LogP contribution >= 0.6 is 11.3 Å². The number of hydrogen-bond acceptors (Lipinski definition) is 2. The molecule has 1 heterocycles. The predicted octanol–water partition coefficient (Wildman–Crippen LogP) is 13.5. The minimum Gasteiger partial charge on any atom is -0.310 e. The van der Waals surface area contributed by atoms with Gasteiger partial charge in [-0.1, -0.05) is 140 Å². The summed E-state index contributed by atoms with van der Waals surface area (Å²) in [6.45, 7) is 0. The van der Waals surface area contributed by atoms with Gasteiger partial charge in [-0.2, -0.15) is 0 Å². The zero-order chi connectivity index (χ0) is 33.5. The molecule has 0 aliphatic heterocycles. The summed E-state index contributed by atoms with van der Waals surface area (Å²) in [7, 11) is 0. The van der Waals surface area contributed by atoms with Crippen molar-refractivity contribution in [2.75, 3.05) is 4.90 Å². The van der Waals surface area contributed by atoms with Crippen LogP contribution in [0.2, 0.25) is 0 Å². The minimum atomic E-state index is -0.566. The molecule has 0 bridgehead atoms. The van der Waals surface area contributed by atoms with E-state index in [1.807, 2.05) is 11.3 Å². The van der Waals surface area contributed by atoms with Crippen LogP contribution in [-0.4, -0.2) is 0 Å². The molecule has 51 heavy (non-hydrogen) atoms. The molecule has 238 valence electrons. The molecule has 1 aromatic heterocycles. The second kappa shape index (κ2) is 10.9. The van der Waals surface area contributed by atoms with Crippen LogP contribution < -0.4 is 4.90 Å². The van der Waals surface area contributed by atoms with E-state index in [0.717, 1.165) is 17.1 Å². The average Bonchev–Trinajstić information content (AvgIpc) is 3.69. The summed E-state index contributed by atoms with van der Waals surface area (Å²) in [4.78, 5) is 2.40. The Bertz CT molecular complexity index is 2770. The van der Waals surface area contributed by atoms with Crippen molar-refractivity contribution >= 4 is 48.6 Å². The van der Waals surface area contributed by atoms with Crippen LogP contribution in [-0.2, 0) is 5.41 Å². The molecule has 8 aromatic carbocycles. The van der Waals surface area contributed by atoms with Crippen molar-refractivity contribution < 1.29 is 0 Å². The lowest BCUT2D eigenvalue weighted by molar-refractivity contribution is 0.776. The Labute approximate surface area is 301 Å². The minimum absolute atomic E-state index is 0.566. The zero-order valence-corrected chi connectivity index (χ0v) is 28.6. The highest BCUT2D eigenvalue weighted by molar-refractivity contribution is 7.26. The number of rotatable bonds is 3. The first-order chi connectivity index (χ1) is 25.3. The maximum absolute atomic E-state index is 2.50. The van der Waals surface area contributed by atoms with Crippen LogP contribution in [0.15, 0.2) is 188 Å². The highest BCUT2D eigenvalue weighted by Gasteiger charge is 2.50. The van der Waals surface area contributed by atoms with E-state index < -0.39 is 5.41 Å². The van der Waals surface area contributed by atoms with E-state index in [4.69, 9.17) is 0 Å². The Morgan fingerprint density at radius 1 is 0.353 bits per heavy atom. The normalized spacial score (nSPS) is 15.1. The first-order valence-electron chi connectivity index (χ1n) is 17.6. The van der Waals surface area contributed by atoms with Crippen LogP contribution in [0.3, 0.4) is 0 Å². The second-order valence-electron chi connectivity index (χ2n) is 13.6. The van der Waals surface area contributed by atoms with E-state index in [2.05, 4.69) is 193 Å². The fourth-order valence-corrected chi connectivity index (χ4v) is 10.2. The lowest BCUT2D eigenvalue weighted by Crippen LogP contribution is -2.29. The predicted molar refractivity (Wildman–Crippen MR) is 216 cm³/mol. The third-order valence-electron chi connectivity index (χ3n) is 11.1. The highest BCUT2D eigenvalue weighted by Crippen LogP contribution is 2.63. The Hall–Kier alpha value is -6.22. The van der Waals surface area contributed by atoms with Gasteiger partial charge in [0.25, 0.3) is 0 Å². The molecule has 0 saturated carbocycles. The monoisotopic (exact) mass is 665 g/mol. The summed E-state index contributed by atoms with van der Waals surface area (Å²) in [6.07, 6.45) is 0. The Morgan fingerprint density at radius 3 is 1.61 bits per heavy atom. The molecular formula is C49H31NS. The van der Waals surface area contributed by atoms with Gasteiger partial charge in [-0.25, -0.2) is 0 Å². The smallest absolute Gasteiger partial charge is 0.0726 e. The van der Waals surface area contributed by atoms with Gasteiger partial charge in [-0.15, -0.1) is 11.3 Å². The van der Waals surface area contributed by atoms with Crippen LogP contribution in [0, 0.1) is 0 Å². The van der Waals surface area contributed by atoms with E-state index in [1.54, 1.807) is 0 Å². The number of hydrogen-bond donors (Lipinski definition) is 0. The van der Waals surface area contributed by atoms with Gasteiger partial charge < -0.3 is 4.90 Å². The number of anilines is 3. The van der Waals surface area contributed by atoms with Gasteiger partial charge in [-0.05, 0) is 104 Å². The lowest BCUT2D eigenvalue weighted by atomic mass is 9.65. The van der Waals surface area contributed by atoms with E-state index in [0.29, 0.717) is 0 Å². The molecule has 1 nitrogen and oxygen atoms in total. The van der Waals surface area contributed by atoms with E-state index in [1.165, 1.54) is 75.8 Å². The summed E-state index contributed by atoms with van der Waals surface area (Å²) in [5.74, 6) is 0. The molecular weight excluding hydrogens is 635 g/mol. The summed E-state index contributed by atoms with van der Waals surface area (Å²) < 4.78 is 2.66. The molecule has 1 unspecified atom stereocenters. The molecule has 0 fully saturated rings. The lowest BCUT2D eigenvalue weighted by Gasteiger charge is -2.36. The Balaban J connectivity index is 1.33. The fraction of sp³-hybridized carbons (Fsp3) is 0.0204. The summed E-state index contributed by atoms with van der Waals surface area (Å²) >= 11 is 1.90. The topological polar surface area (TPSA) is 3.24 Å². The quantitative estimate of drug-likeness (QED) is 0.182. The SMILES string of the molecule is c1ccc(N(c2ccccc2)c2ccc3c(c2)C2(c4ccccc4-c4ccccc4-3)c3ccccc3-c3c2ccc2sc4ccccc4c32)cc1. The maximum Gasteiger partial charge on any atom is 0.0726 e. The number of benzene rings is 8. The summed E-state index contributed by atoms with van der Waals surface area (Å²) in [5, 5.41) is 2.70. The molecule has 9 aromatic rings. The van der Waals surface area contributed by atoms with Gasteiger partial charge in [0, 0.05) is 37.2 Å². The Kier molecular flexibility index (Phi) is 6.11. The Morgan fingerprint density at radius 2 is 0.902 bits per heavy atom. The number of fused-ring (bicyclic) bond motifs is 16. The van der Waals surface area contributed by atoms with Crippen LogP contribution in [0.4, 0.5) is 17.1 Å². The number of nitrogens with zero attached hydrogens (tertiary/aromatic N) is 1. The maximum atomic E-state index is 2.50. The van der Waals surface area contributed by atoms with Gasteiger partial charge in [0.15, 0.2) is 0 Å². The zero-order valence-electron chi connectivity index (χ0n) is 27.8. The van der Waals surface area contributed by atoms with E-state index in [-0.39, 0.29) is 0 Å². The third kappa shape index (κ3) is 3.91. The molecule has 11 rings (SSSR count). The highest BCUT2D eigenvalue weighted by atomic mass is 32.1. The average molecular weight is 666 g/mol. The van der Waals surface area contributed by atoms with Crippen LogP contribution in [0.25, 0.3) is 53.6 Å². The largest absolute Gasteiger partial charge is 0.310 e. The molecule has 0 radical (unpaired) electrons. The third-order valence-corrected chi connectivity index (χ3v) is 12.2. The van der Waals surface area contributed by atoms with Crippen molar-refractivity contribution in [2.45, 2.75) is 5.41 Å². The van der Waals surface area contributed by atoms with Crippen molar-refractivity contribution in [3.8, 4) is 33.4 Å². The van der Waals surface area contributed by atoms with Gasteiger partial charge in [0.1, 0.15) is 0 Å². The number of thiophene rings is 1.